The lowest BCUT2D eigenvalue weighted by Gasteiger charge is -2.18. The fourth-order valence-electron chi connectivity index (χ4n) is 3.52. The van der Waals surface area contributed by atoms with E-state index in [0.29, 0.717) is 35.6 Å². The summed E-state index contributed by atoms with van der Waals surface area (Å²) in [7, 11) is -3.73. The summed E-state index contributed by atoms with van der Waals surface area (Å²) in [5.74, 6) is -0.748. The van der Waals surface area contributed by atoms with Gasteiger partial charge in [-0.05, 0) is 48.5 Å². The van der Waals surface area contributed by atoms with Crippen molar-refractivity contribution in [2.75, 3.05) is 13.1 Å². The number of furan rings is 1. The number of carboxylic acid groups (broad SMARTS) is 1. The Kier molecular flexibility index (Phi) is 5.59. The first kappa shape index (κ1) is 21.5. The van der Waals surface area contributed by atoms with Crippen molar-refractivity contribution in [1.82, 2.24) is 9.29 Å². The Morgan fingerprint density at radius 1 is 1.10 bits per heavy atom. The number of halogens is 1. The number of pyridine rings is 1. The molecule has 0 saturated carbocycles. The van der Waals surface area contributed by atoms with Crippen LogP contribution in [-0.4, -0.2) is 41.9 Å². The van der Waals surface area contributed by atoms with Crippen molar-refractivity contribution < 1.29 is 22.7 Å². The Morgan fingerprint density at radius 3 is 2.52 bits per heavy atom. The minimum atomic E-state index is -3.73. The number of carboxylic acids is 1. The van der Waals surface area contributed by atoms with Gasteiger partial charge in [-0.3, -0.25) is 0 Å². The van der Waals surface area contributed by atoms with Crippen molar-refractivity contribution in [3.8, 4) is 11.5 Å². The summed E-state index contributed by atoms with van der Waals surface area (Å²) in [4.78, 5) is 16.6. The van der Waals surface area contributed by atoms with E-state index in [-0.39, 0.29) is 15.8 Å². The normalized spacial score (nSPS) is 12.1. The molecule has 160 valence electrons. The third kappa shape index (κ3) is 3.84. The minimum Gasteiger partial charge on any atom is -0.478 e. The zero-order valence-corrected chi connectivity index (χ0v) is 19.2. The summed E-state index contributed by atoms with van der Waals surface area (Å²) in [6, 6.07) is 13.1. The number of fused-ring (bicyclic) bond motifs is 2. The van der Waals surface area contributed by atoms with Crippen LogP contribution in [0.15, 0.2) is 62.3 Å². The van der Waals surface area contributed by atoms with Crippen LogP contribution in [0.1, 0.15) is 24.2 Å². The van der Waals surface area contributed by atoms with Crippen LogP contribution in [0.25, 0.3) is 33.3 Å². The van der Waals surface area contributed by atoms with Crippen LogP contribution in [0.2, 0.25) is 0 Å². The van der Waals surface area contributed by atoms with Crippen molar-refractivity contribution in [3.63, 3.8) is 0 Å². The molecule has 7 nitrogen and oxygen atoms in total. The topological polar surface area (TPSA) is 101 Å². The van der Waals surface area contributed by atoms with E-state index in [1.54, 1.807) is 19.9 Å². The summed E-state index contributed by atoms with van der Waals surface area (Å²) < 4.78 is 33.8. The summed E-state index contributed by atoms with van der Waals surface area (Å²) in [6.45, 7) is 4.15. The maximum Gasteiger partial charge on any atom is 0.336 e. The lowest BCUT2D eigenvalue weighted by molar-refractivity contribution is 0.0699. The highest BCUT2D eigenvalue weighted by molar-refractivity contribution is 9.10. The van der Waals surface area contributed by atoms with Gasteiger partial charge in [0.05, 0.1) is 16.0 Å². The number of carbonyl (C=O) groups is 1. The van der Waals surface area contributed by atoms with Crippen molar-refractivity contribution in [3.05, 3.63) is 58.6 Å². The van der Waals surface area contributed by atoms with Crippen LogP contribution >= 0.6 is 15.9 Å². The van der Waals surface area contributed by atoms with Crippen molar-refractivity contribution in [2.45, 2.75) is 18.7 Å². The average Bonchev–Trinajstić information content (AvgIpc) is 3.16. The van der Waals surface area contributed by atoms with Crippen molar-refractivity contribution >= 4 is 53.8 Å². The van der Waals surface area contributed by atoms with E-state index in [9.17, 15) is 18.3 Å². The van der Waals surface area contributed by atoms with Gasteiger partial charge in [0.2, 0.25) is 10.0 Å². The zero-order valence-electron chi connectivity index (χ0n) is 16.8. The van der Waals surface area contributed by atoms with Gasteiger partial charge in [-0.2, -0.15) is 4.31 Å². The number of hydrogen-bond acceptors (Lipinski definition) is 5. The molecule has 0 fully saturated rings. The molecule has 4 aromatic rings. The van der Waals surface area contributed by atoms with E-state index in [4.69, 9.17) is 4.42 Å². The van der Waals surface area contributed by atoms with E-state index in [1.165, 1.54) is 28.6 Å². The van der Waals surface area contributed by atoms with E-state index in [1.807, 2.05) is 18.2 Å². The largest absolute Gasteiger partial charge is 0.478 e. The van der Waals surface area contributed by atoms with Gasteiger partial charge in [0.25, 0.3) is 0 Å². The second kappa shape index (κ2) is 8.07. The van der Waals surface area contributed by atoms with Crippen molar-refractivity contribution in [2.24, 2.45) is 0 Å². The fraction of sp³-hybridized carbons (Fsp3) is 0.182. The van der Waals surface area contributed by atoms with Gasteiger partial charge in [0.15, 0.2) is 5.76 Å². The molecule has 0 radical (unpaired) electrons. The van der Waals surface area contributed by atoms with Crippen LogP contribution in [0, 0.1) is 0 Å². The zero-order chi connectivity index (χ0) is 22.3. The van der Waals surface area contributed by atoms with Gasteiger partial charge in [-0.15, -0.1) is 0 Å². The van der Waals surface area contributed by atoms with Crippen molar-refractivity contribution in [1.29, 1.82) is 0 Å². The minimum absolute atomic E-state index is 0.0364. The highest BCUT2D eigenvalue weighted by Gasteiger charge is 2.23. The smallest absolute Gasteiger partial charge is 0.336 e. The lowest BCUT2D eigenvalue weighted by Crippen LogP contribution is -2.30. The van der Waals surface area contributed by atoms with Crippen LogP contribution in [0.5, 0.6) is 0 Å². The highest BCUT2D eigenvalue weighted by atomic mass is 79.9. The molecule has 0 amide bonds. The van der Waals surface area contributed by atoms with Crippen LogP contribution < -0.4 is 0 Å². The second-order valence-electron chi connectivity index (χ2n) is 6.92. The molecule has 2 heterocycles. The predicted octanol–water partition coefficient (Wildman–Crippen LogP) is 5.14. The van der Waals surface area contributed by atoms with Gasteiger partial charge < -0.3 is 9.52 Å². The number of rotatable bonds is 6. The first-order valence-corrected chi connectivity index (χ1v) is 11.9. The quantitative estimate of drug-likeness (QED) is 0.391. The molecule has 0 aliphatic heterocycles. The molecule has 2 aromatic heterocycles. The lowest BCUT2D eigenvalue weighted by atomic mass is 10.1. The average molecular weight is 503 g/mol. The summed E-state index contributed by atoms with van der Waals surface area (Å²) >= 11 is 3.42. The molecule has 9 heteroatoms. The van der Waals surface area contributed by atoms with E-state index in [2.05, 4.69) is 20.9 Å². The number of aromatic nitrogens is 1. The van der Waals surface area contributed by atoms with Gasteiger partial charge in [-0.25, -0.2) is 18.2 Å². The molecule has 31 heavy (non-hydrogen) atoms. The fourth-order valence-corrected chi connectivity index (χ4v) is 5.39. The molecule has 4 rings (SSSR count). The Labute approximate surface area is 187 Å². The van der Waals surface area contributed by atoms with Gasteiger partial charge in [-0.1, -0.05) is 29.8 Å². The first-order valence-electron chi connectivity index (χ1n) is 9.62. The Morgan fingerprint density at radius 2 is 1.84 bits per heavy atom. The summed E-state index contributed by atoms with van der Waals surface area (Å²) in [6.07, 6.45) is 0. The second-order valence-corrected chi connectivity index (χ2v) is 9.77. The number of hydrogen-bond donors (Lipinski definition) is 1. The number of aromatic carboxylic acids is 1. The molecule has 0 saturated heterocycles. The molecule has 0 bridgehead atoms. The van der Waals surface area contributed by atoms with Gasteiger partial charge >= 0.3 is 5.97 Å². The molecule has 0 aliphatic carbocycles. The van der Waals surface area contributed by atoms with Crippen LogP contribution in [0.3, 0.4) is 0 Å². The number of benzene rings is 2. The molecule has 0 aliphatic rings. The summed E-state index contributed by atoms with van der Waals surface area (Å²) in [5.41, 5.74) is 1.34. The molecule has 0 spiro atoms. The SMILES string of the molecule is CCN(CC)S(=O)(=O)c1ccc2nc(-c3cc4cc(Br)ccc4o3)cc(C(=O)O)c2c1. The Balaban J connectivity index is 1.90. The predicted molar refractivity (Wildman–Crippen MR) is 122 cm³/mol. The Bertz CT molecular complexity index is 1420. The standard InChI is InChI=1S/C22H19BrN2O5S/c1-3-25(4-2)31(28,29)15-6-7-18-16(11-15)17(22(26)27)12-19(24-18)21-10-13-9-14(23)5-8-20(13)30-21/h5-12H,3-4H2,1-2H3,(H,26,27). The monoisotopic (exact) mass is 502 g/mol. The summed E-state index contributed by atoms with van der Waals surface area (Å²) in [5, 5.41) is 10.9. The van der Waals surface area contributed by atoms with E-state index < -0.39 is 16.0 Å². The highest BCUT2D eigenvalue weighted by Crippen LogP contribution is 2.32. The molecule has 1 N–H and O–H groups in total. The maximum absolute atomic E-state index is 12.9. The Hall–Kier alpha value is -2.75. The molecular formula is C22H19BrN2O5S. The third-order valence-electron chi connectivity index (χ3n) is 5.08. The third-order valence-corrected chi connectivity index (χ3v) is 7.62. The maximum atomic E-state index is 12.9. The number of nitrogens with zero attached hydrogens (tertiary/aromatic N) is 2. The molecule has 0 atom stereocenters. The first-order chi connectivity index (χ1) is 14.7. The van der Waals surface area contributed by atoms with Crippen LogP contribution in [-0.2, 0) is 10.0 Å². The van der Waals surface area contributed by atoms with Gasteiger partial charge in [0.1, 0.15) is 11.3 Å². The molecule has 0 unspecified atom stereocenters. The van der Waals surface area contributed by atoms with Gasteiger partial charge in [0, 0.05) is 28.3 Å². The van der Waals surface area contributed by atoms with E-state index >= 15 is 0 Å². The van der Waals surface area contributed by atoms with Crippen LogP contribution in [0.4, 0.5) is 0 Å². The number of sulfonamides is 1. The van der Waals surface area contributed by atoms with E-state index in [0.717, 1.165) is 9.86 Å². The molecular weight excluding hydrogens is 484 g/mol. The molecule has 2 aromatic carbocycles.